The van der Waals surface area contributed by atoms with Gasteiger partial charge < -0.3 is 10.5 Å². The van der Waals surface area contributed by atoms with Crippen LogP contribution < -0.4 is 5.73 Å². The first kappa shape index (κ1) is 11.6. The van der Waals surface area contributed by atoms with Gasteiger partial charge in [0.1, 0.15) is 0 Å². The summed E-state index contributed by atoms with van der Waals surface area (Å²) in [7, 11) is 1.77. The van der Waals surface area contributed by atoms with Crippen molar-refractivity contribution in [1.29, 1.82) is 0 Å². The molecule has 1 aliphatic rings. The summed E-state index contributed by atoms with van der Waals surface area (Å²) < 4.78 is 5.66. The number of pyridine rings is 1. The minimum atomic E-state index is -0.157. The van der Waals surface area contributed by atoms with E-state index >= 15 is 0 Å². The van der Waals surface area contributed by atoms with E-state index in [9.17, 15) is 0 Å². The molecular weight excluding hydrogens is 224 g/mol. The van der Waals surface area contributed by atoms with Gasteiger partial charge in [0.2, 0.25) is 0 Å². The predicted octanol–water partition coefficient (Wildman–Crippen LogP) is 2.80. The van der Waals surface area contributed by atoms with Crippen molar-refractivity contribution in [2.45, 2.75) is 30.9 Å². The number of hydrogen-bond donors (Lipinski definition) is 1. The van der Waals surface area contributed by atoms with Crippen LogP contribution in [-0.2, 0) is 4.74 Å². The molecule has 0 spiro atoms. The van der Waals surface area contributed by atoms with Crippen LogP contribution in [-0.4, -0.2) is 17.7 Å². The Bertz CT molecular complexity index is 558. The monoisotopic (exact) mass is 242 g/mol. The number of aromatic nitrogens is 1. The quantitative estimate of drug-likeness (QED) is 0.900. The fourth-order valence-electron chi connectivity index (χ4n) is 2.76. The molecule has 0 bridgehead atoms. The van der Waals surface area contributed by atoms with Crippen molar-refractivity contribution < 1.29 is 4.74 Å². The first-order valence-corrected chi connectivity index (χ1v) is 6.41. The summed E-state index contributed by atoms with van der Waals surface area (Å²) in [4.78, 5) is 4.33. The molecule has 1 aromatic heterocycles. The molecule has 3 heteroatoms. The molecular formula is C15H18N2O. The standard InChI is InChI=1S/C15H18N2O/c1-18-15(7-3-8-15)14(16)12-5-6-13-11(10-12)4-2-9-17-13/h2,4-6,9-10,14H,3,7-8,16H2,1H3. The van der Waals surface area contributed by atoms with E-state index in [0.717, 1.165) is 29.3 Å². The summed E-state index contributed by atoms with van der Waals surface area (Å²) in [5.74, 6) is 0. The van der Waals surface area contributed by atoms with E-state index in [0.29, 0.717) is 0 Å². The van der Waals surface area contributed by atoms with Crippen molar-refractivity contribution in [2.24, 2.45) is 5.73 Å². The summed E-state index contributed by atoms with van der Waals surface area (Å²) in [6.07, 6.45) is 5.12. The second kappa shape index (κ2) is 4.34. The predicted molar refractivity (Wildman–Crippen MR) is 72.3 cm³/mol. The third kappa shape index (κ3) is 1.71. The van der Waals surface area contributed by atoms with Crippen molar-refractivity contribution in [1.82, 2.24) is 4.98 Å². The highest BCUT2D eigenvalue weighted by molar-refractivity contribution is 5.79. The van der Waals surface area contributed by atoms with Gasteiger partial charge >= 0.3 is 0 Å². The van der Waals surface area contributed by atoms with Gasteiger partial charge in [-0.1, -0.05) is 12.1 Å². The second-order valence-corrected chi connectivity index (χ2v) is 5.06. The van der Waals surface area contributed by atoms with E-state index in [1.807, 2.05) is 18.3 Å². The van der Waals surface area contributed by atoms with Crippen LogP contribution in [0.4, 0.5) is 0 Å². The average molecular weight is 242 g/mol. The molecule has 1 aromatic carbocycles. The van der Waals surface area contributed by atoms with Crippen molar-refractivity contribution in [3.05, 3.63) is 42.1 Å². The van der Waals surface area contributed by atoms with Crippen LogP contribution in [0.5, 0.6) is 0 Å². The van der Waals surface area contributed by atoms with Crippen LogP contribution in [0.2, 0.25) is 0 Å². The Morgan fingerprint density at radius 3 is 2.83 bits per heavy atom. The van der Waals surface area contributed by atoms with Crippen molar-refractivity contribution in [3.8, 4) is 0 Å². The zero-order chi connectivity index (χ0) is 12.6. The zero-order valence-corrected chi connectivity index (χ0v) is 10.6. The van der Waals surface area contributed by atoms with E-state index in [1.165, 1.54) is 6.42 Å². The lowest BCUT2D eigenvalue weighted by atomic mass is 9.72. The highest BCUT2D eigenvalue weighted by Crippen LogP contribution is 2.43. The molecule has 2 aromatic rings. The Morgan fingerprint density at radius 1 is 1.33 bits per heavy atom. The van der Waals surface area contributed by atoms with E-state index in [1.54, 1.807) is 7.11 Å². The van der Waals surface area contributed by atoms with Gasteiger partial charge in [0, 0.05) is 18.7 Å². The number of hydrogen-bond acceptors (Lipinski definition) is 3. The maximum Gasteiger partial charge on any atom is 0.0870 e. The zero-order valence-electron chi connectivity index (χ0n) is 10.6. The number of rotatable bonds is 3. The molecule has 1 unspecified atom stereocenters. The van der Waals surface area contributed by atoms with Crippen LogP contribution in [0.3, 0.4) is 0 Å². The first-order chi connectivity index (χ1) is 8.75. The largest absolute Gasteiger partial charge is 0.376 e. The molecule has 0 saturated heterocycles. The number of fused-ring (bicyclic) bond motifs is 1. The highest BCUT2D eigenvalue weighted by atomic mass is 16.5. The van der Waals surface area contributed by atoms with E-state index in [-0.39, 0.29) is 11.6 Å². The summed E-state index contributed by atoms with van der Waals surface area (Å²) in [5, 5.41) is 1.14. The molecule has 0 amide bonds. The van der Waals surface area contributed by atoms with Crippen molar-refractivity contribution in [2.75, 3.05) is 7.11 Å². The summed E-state index contributed by atoms with van der Waals surface area (Å²) in [6.45, 7) is 0. The van der Waals surface area contributed by atoms with Gasteiger partial charge in [-0.15, -0.1) is 0 Å². The lowest BCUT2D eigenvalue weighted by molar-refractivity contribution is -0.0911. The summed E-state index contributed by atoms with van der Waals surface area (Å²) in [6, 6.07) is 10.2. The Morgan fingerprint density at radius 2 is 2.17 bits per heavy atom. The van der Waals surface area contributed by atoms with Gasteiger partial charge in [-0.05, 0) is 43.0 Å². The Labute approximate surface area is 107 Å². The Balaban J connectivity index is 1.98. The van der Waals surface area contributed by atoms with E-state index in [2.05, 4.69) is 23.2 Å². The fourth-order valence-corrected chi connectivity index (χ4v) is 2.76. The molecule has 0 radical (unpaired) electrons. The third-order valence-corrected chi connectivity index (χ3v) is 4.16. The van der Waals surface area contributed by atoms with Gasteiger partial charge in [0.15, 0.2) is 0 Å². The van der Waals surface area contributed by atoms with Crippen molar-refractivity contribution in [3.63, 3.8) is 0 Å². The van der Waals surface area contributed by atoms with Crippen LogP contribution in [0, 0.1) is 0 Å². The number of methoxy groups -OCH3 is 1. The normalized spacial score (nSPS) is 19.4. The number of nitrogens with zero attached hydrogens (tertiary/aromatic N) is 1. The van der Waals surface area contributed by atoms with Gasteiger partial charge in [0.25, 0.3) is 0 Å². The van der Waals surface area contributed by atoms with Gasteiger partial charge in [-0.2, -0.15) is 0 Å². The minimum absolute atomic E-state index is 0.0548. The third-order valence-electron chi connectivity index (χ3n) is 4.16. The molecule has 2 N–H and O–H groups in total. The molecule has 1 heterocycles. The minimum Gasteiger partial charge on any atom is -0.376 e. The second-order valence-electron chi connectivity index (χ2n) is 5.06. The first-order valence-electron chi connectivity index (χ1n) is 6.41. The Hall–Kier alpha value is -1.45. The van der Waals surface area contributed by atoms with Crippen LogP contribution in [0.25, 0.3) is 10.9 Å². The van der Waals surface area contributed by atoms with Gasteiger partial charge in [0.05, 0.1) is 17.2 Å². The van der Waals surface area contributed by atoms with Gasteiger partial charge in [-0.25, -0.2) is 0 Å². The number of nitrogens with two attached hydrogens (primary N) is 1. The molecule has 0 aliphatic heterocycles. The molecule has 94 valence electrons. The molecule has 1 aliphatic carbocycles. The van der Waals surface area contributed by atoms with Crippen molar-refractivity contribution >= 4 is 10.9 Å². The molecule has 18 heavy (non-hydrogen) atoms. The maximum atomic E-state index is 6.39. The summed E-state index contributed by atoms with van der Waals surface area (Å²) in [5.41, 5.74) is 8.38. The molecule has 3 nitrogen and oxygen atoms in total. The average Bonchev–Trinajstić information content (AvgIpc) is 2.37. The lowest BCUT2D eigenvalue weighted by Crippen LogP contribution is -2.48. The lowest BCUT2D eigenvalue weighted by Gasteiger charge is -2.45. The van der Waals surface area contributed by atoms with Crippen LogP contribution in [0.15, 0.2) is 36.5 Å². The molecule has 1 fully saturated rings. The molecule has 1 saturated carbocycles. The topological polar surface area (TPSA) is 48.1 Å². The molecule has 1 atom stereocenters. The number of ether oxygens (including phenoxy) is 1. The highest BCUT2D eigenvalue weighted by Gasteiger charge is 2.43. The number of benzene rings is 1. The summed E-state index contributed by atoms with van der Waals surface area (Å²) >= 11 is 0. The van der Waals surface area contributed by atoms with Gasteiger partial charge in [-0.3, -0.25) is 4.98 Å². The van der Waals surface area contributed by atoms with E-state index in [4.69, 9.17) is 10.5 Å². The fraction of sp³-hybridized carbons (Fsp3) is 0.400. The Kier molecular flexibility index (Phi) is 2.80. The van der Waals surface area contributed by atoms with Crippen LogP contribution in [0.1, 0.15) is 30.9 Å². The van der Waals surface area contributed by atoms with E-state index < -0.39 is 0 Å². The smallest absolute Gasteiger partial charge is 0.0870 e. The maximum absolute atomic E-state index is 6.39. The van der Waals surface area contributed by atoms with Crippen LogP contribution >= 0.6 is 0 Å². The SMILES string of the molecule is COC1(C(N)c2ccc3ncccc3c2)CCC1. The molecule has 3 rings (SSSR count).